The number of hydrogen-bond acceptors (Lipinski definition) is 5. The van der Waals surface area contributed by atoms with E-state index in [2.05, 4.69) is 10.6 Å². The van der Waals surface area contributed by atoms with Crippen LogP contribution in [0.5, 0.6) is 5.75 Å². The topological polar surface area (TPSA) is 94.1 Å². The van der Waals surface area contributed by atoms with E-state index in [4.69, 9.17) is 4.74 Å². The van der Waals surface area contributed by atoms with E-state index in [9.17, 15) is 27.9 Å². The van der Waals surface area contributed by atoms with Crippen LogP contribution >= 0.6 is 0 Å². The first-order valence-corrected chi connectivity index (χ1v) is 15.1. The summed E-state index contributed by atoms with van der Waals surface area (Å²) in [4.78, 5) is 30.4. The smallest absolute Gasteiger partial charge is 0.416 e. The van der Waals surface area contributed by atoms with Gasteiger partial charge in [0.2, 0.25) is 0 Å². The van der Waals surface area contributed by atoms with Crippen LogP contribution in [0.4, 0.5) is 29.3 Å². The average molecular weight is 635 g/mol. The van der Waals surface area contributed by atoms with Gasteiger partial charge in [0, 0.05) is 36.6 Å². The molecule has 3 atom stereocenters. The number of hydrogen-bond donors (Lipinski definition) is 3. The Morgan fingerprint density at radius 1 is 1.04 bits per heavy atom. The summed E-state index contributed by atoms with van der Waals surface area (Å²) in [6.07, 6.45) is -4.79. The molecule has 1 heterocycles. The lowest BCUT2D eigenvalue weighted by Crippen LogP contribution is -2.49. The lowest BCUT2D eigenvalue weighted by atomic mass is 9.99. The lowest BCUT2D eigenvalue weighted by Gasteiger charge is -2.38. The molecule has 0 spiro atoms. The predicted molar refractivity (Wildman–Crippen MR) is 172 cm³/mol. The van der Waals surface area contributed by atoms with E-state index < -0.39 is 29.9 Å². The SMILES string of the molecule is C[C@@H]1CN([C@H](C)CO)C(=O)c2cc(NC(=O)Nc3cccc4ccccc34)ccc2O[C@H]1CN(C)Cc1ccc(C(F)(F)F)cc1. The van der Waals surface area contributed by atoms with Crippen LogP contribution < -0.4 is 15.4 Å². The summed E-state index contributed by atoms with van der Waals surface area (Å²) in [7, 11) is 1.86. The molecule has 0 aliphatic carbocycles. The number of nitrogens with one attached hydrogen (secondary N) is 2. The quantitative estimate of drug-likeness (QED) is 0.197. The van der Waals surface area contributed by atoms with Crippen molar-refractivity contribution in [2.24, 2.45) is 5.92 Å². The molecule has 0 saturated heterocycles. The molecule has 3 amide bonds. The van der Waals surface area contributed by atoms with Gasteiger partial charge in [-0.25, -0.2) is 4.79 Å². The Morgan fingerprint density at radius 3 is 2.48 bits per heavy atom. The summed E-state index contributed by atoms with van der Waals surface area (Å²) in [6.45, 7) is 4.60. The highest BCUT2D eigenvalue weighted by molar-refractivity contribution is 6.07. The molecule has 0 fully saturated rings. The molecule has 4 aromatic carbocycles. The van der Waals surface area contributed by atoms with Gasteiger partial charge in [-0.15, -0.1) is 0 Å². The van der Waals surface area contributed by atoms with Crippen molar-refractivity contribution in [3.63, 3.8) is 0 Å². The van der Waals surface area contributed by atoms with E-state index in [1.54, 1.807) is 30.0 Å². The molecule has 242 valence electrons. The van der Waals surface area contributed by atoms with Gasteiger partial charge in [0.1, 0.15) is 11.9 Å². The third kappa shape index (κ3) is 7.60. The van der Waals surface area contributed by atoms with Crippen LogP contribution in [0.2, 0.25) is 0 Å². The molecular formula is C35H37F3N4O4. The number of ether oxygens (including phenoxy) is 1. The number of carbonyl (C=O) groups excluding carboxylic acids is 2. The van der Waals surface area contributed by atoms with Crippen LogP contribution in [0.15, 0.2) is 84.9 Å². The highest BCUT2D eigenvalue weighted by Gasteiger charge is 2.34. The van der Waals surface area contributed by atoms with Crippen LogP contribution in [-0.2, 0) is 12.7 Å². The van der Waals surface area contributed by atoms with Gasteiger partial charge in [0.05, 0.1) is 29.5 Å². The molecule has 8 nitrogen and oxygen atoms in total. The Labute approximate surface area is 265 Å². The molecule has 5 rings (SSSR count). The van der Waals surface area contributed by atoms with Crippen LogP contribution in [0, 0.1) is 5.92 Å². The van der Waals surface area contributed by atoms with Crippen molar-refractivity contribution < 1.29 is 32.6 Å². The van der Waals surface area contributed by atoms with Gasteiger partial charge in [-0.1, -0.05) is 55.5 Å². The predicted octanol–water partition coefficient (Wildman–Crippen LogP) is 6.85. The number of rotatable bonds is 8. The highest BCUT2D eigenvalue weighted by Crippen LogP contribution is 2.32. The van der Waals surface area contributed by atoms with Gasteiger partial charge in [-0.2, -0.15) is 13.2 Å². The van der Waals surface area contributed by atoms with Gasteiger partial charge >= 0.3 is 12.2 Å². The second-order valence-corrected chi connectivity index (χ2v) is 11.8. The number of anilines is 2. The van der Waals surface area contributed by atoms with Crippen molar-refractivity contribution in [1.82, 2.24) is 9.80 Å². The summed E-state index contributed by atoms with van der Waals surface area (Å²) in [5, 5.41) is 17.5. The Kier molecular flexibility index (Phi) is 9.83. The molecule has 0 unspecified atom stereocenters. The first kappa shape index (κ1) is 32.8. The van der Waals surface area contributed by atoms with Crippen LogP contribution in [0.1, 0.15) is 35.3 Å². The largest absolute Gasteiger partial charge is 0.488 e. The monoisotopic (exact) mass is 634 g/mol. The maximum atomic E-state index is 13.8. The minimum absolute atomic E-state index is 0.148. The normalized spacial score (nSPS) is 17.6. The Balaban J connectivity index is 1.35. The molecule has 0 aromatic heterocycles. The number of halogens is 3. The lowest BCUT2D eigenvalue weighted by molar-refractivity contribution is -0.137. The van der Waals surface area contributed by atoms with E-state index in [1.807, 2.05) is 61.3 Å². The molecular weight excluding hydrogens is 597 g/mol. The van der Waals surface area contributed by atoms with Crippen molar-refractivity contribution in [2.75, 3.05) is 37.4 Å². The summed E-state index contributed by atoms with van der Waals surface area (Å²) in [5.41, 5.74) is 1.29. The first-order chi connectivity index (χ1) is 21.9. The number of fused-ring (bicyclic) bond motifs is 2. The average Bonchev–Trinajstić information content (AvgIpc) is 3.02. The Hall–Kier alpha value is -4.61. The number of aliphatic hydroxyl groups excluding tert-OH is 1. The molecule has 3 N–H and O–H groups in total. The van der Waals surface area contributed by atoms with E-state index in [1.165, 1.54) is 12.1 Å². The van der Waals surface area contributed by atoms with Crippen molar-refractivity contribution in [2.45, 2.75) is 38.7 Å². The van der Waals surface area contributed by atoms with Gasteiger partial charge in [0.15, 0.2) is 0 Å². The van der Waals surface area contributed by atoms with Crippen LogP contribution in [0.3, 0.4) is 0 Å². The summed E-state index contributed by atoms with van der Waals surface area (Å²) >= 11 is 0. The zero-order valence-electron chi connectivity index (χ0n) is 25.8. The Bertz CT molecular complexity index is 1690. The number of likely N-dealkylation sites (N-methyl/N-ethyl adjacent to an activating group) is 1. The number of aliphatic hydroxyl groups is 1. The van der Waals surface area contributed by atoms with E-state index in [0.29, 0.717) is 36.8 Å². The van der Waals surface area contributed by atoms with Gasteiger partial charge < -0.3 is 25.4 Å². The van der Waals surface area contributed by atoms with Crippen LogP contribution in [0.25, 0.3) is 10.8 Å². The van der Waals surface area contributed by atoms with Crippen molar-refractivity contribution in [3.05, 3.63) is 102 Å². The molecule has 4 aromatic rings. The molecule has 11 heteroatoms. The fourth-order valence-electron chi connectivity index (χ4n) is 5.62. The maximum Gasteiger partial charge on any atom is 0.416 e. The fraction of sp³-hybridized carbons (Fsp3) is 0.314. The van der Waals surface area contributed by atoms with E-state index in [-0.39, 0.29) is 24.0 Å². The van der Waals surface area contributed by atoms with Crippen LogP contribution in [-0.4, -0.2) is 65.7 Å². The second kappa shape index (κ2) is 13.8. The minimum atomic E-state index is -4.40. The zero-order chi connectivity index (χ0) is 33.0. The molecule has 1 aliphatic heterocycles. The van der Waals surface area contributed by atoms with E-state index in [0.717, 1.165) is 28.5 Å². The second-order valence-electron chi connectivity index (χ2n) is 11.8. The zero-order valence-corrected chi connectivity index (χ0v) is 25.8. The Morgan fingerprint density at radius 2 is 1.76 bits per heavy atom. The number of nitrogens with zero attached hydrogens (tertiary/aromatic N) is 2. The van der Waals surface area contributed by atoms with Gasteiger partial charge in [0.25, 0.3) is 5.91 Å². The number of amides is 3. The number of benzene rings is 4. The molecule has 0 saturated carbocycles. The number of carbonyl (C=O) groups is 2. The molecule has 46 heavy (non-hydrogen) atoms. The number of alkyl halides is 3. The standard InChI is InChI=1S/C35H37F3N4O4/c1-22-18-42(23(2)21-43)33(44)29-17-27(39-34(45)40-30-10-6-8-25-7-4-5-9-28(25)30)15-16-31(29)46-32(22)20-41(3)19-24-11-13-26(14-12-24)35(36,37)38/h4-17,22-23,32,43H,18-21H2,1-3H3,(H2,39,40,45)/t22-,23-,32+/m1/s1. The van der Waals surface area contributed by atoms with Crippen molar-refractivity contribution in [1.29, 1.82) is 0 Å². The van der Waals surface area contributed by atoms with Crippen molar-refractivity contribution in [3.8, 4) is 5.75 Å². The van der Waals surface area contributed by atoms with E-state index >= 15 is 0 Å². The fourth-order valence-corrected chi connectivity index (χ4v) is 5.62. The summed E-state index contributed by atoms with van der Waals surface area (Å²) < 4.78 is 45.4. The minimum Gasteiger partial charge on any atom is -0.488 e. The molecule has 1 aliphatic rings. The third-order valence-corrected chi connectivity index (χ3v) is 8.19. The number of urea groups is 1. The summed E-state index contributed by atoms with van der Waals surface area (Å²) in [6, 6.07) is 22.3. The maximum absolute atomic E-state index is 13.8. The van der Waals surface area contributed by atoms with Crippen molar-refractivity contribution >= 4 is 34.1 Å². The first-order valence-electron chi connectivity index (χ1n) is 15.1. The molecule has 0 radical (unpaired) electrons. The third-order valence-electron chi connectivity index (χ3n) is 8.19. The molecule has 0 bridgehead atoms. The summed E-state index contributed by atoms with van der Waals surface area (Å²) in [5.74, 6) is -0.150. The van der Waals surface area contributed by atoms with Gasteiger partial charge in [-0.05, 0) is 61.3 Å². The highest BCUT2D eigenvalue weighted by atomic mass is 19.4. The van der Waals surface area contributed by atoms with Gasteiger partial charge in [-0.3, -0.25) is 9.69 Å².